The monoisotopic (exact) mass is 390 g/mol. The van der Waals surface area contributed by atoms with Gasteiger partial charge < -0.3 is 15.3 Å². The Morgan fingerprint density at radius 2 is 1.79 bits per heavy atom. The van der Waals surface area contributed by atoms with E-state index in [9.17, 15) is 9.90 Å². The number of hydrogen-bond acceptors (Lipinski definition) is 3. The molecule has 4 atom stereocenters. The maximum atomic E-state index is 13.6. The van der Waals surface area contributed by atoms with Crippen molar-refractivity contribution in [1.29, 1.82) is 0 Å². The van der Waals surface area contributed by atoms with E-state index < -0.39 is 5.60 Å². The third kappa shape index (κ3) is 3.24. The number of fused-ring (bicyclic) bond motifs is 2. The average Bonchev–Trinajstić information content (AvgIpc) is 3.19. The van der Waals surface area contributed by atoms with Crippen LogP contribution in [0.5, 0.6) is 0 Å². The van der Waals surface area contributed by atoms with Gasteiger partial charge in [0, 0.05) is 12.2 Å². The number of carbonyl (C=O) groups excluding carboxylic acids is 1. The van der Waals surface area contributed by atoms with E-state index in [-0.39, 0.29) is 23.9 Å². The molecule has 29 heavy (non-hydrogen) atoms. The Kier molecular flexibility index (Phi) is 4.83. The van der Waals surface area contributed by atoms with Crippen molar-refractivity contribution in [1.82, 2.24) is 4.90 Å². The Morgan fingerprint density at radius 3 is 2.66 bits per heavy atom. The quantitative estimate of drug-likeness (QED) is 0.830. The summed E-state index contributed by atoms with van der Waals surface area (Å²) in [5.41, 5.74) is 2.69. The molecule has 4 nitrogen and oxygen atoms in total. The van der Waals surface area contributed by atoms with Crippen LogP contribution in [0.3, 0.4) is 0 Å². The van der Waals surface area contributed by atoms with Gasteiger partial charge in [0.2, 0.25) is 5.91 Å². The number of amides is 1. The number of hydrogen-bond donors (Lipinski definition) is 2. The zero-order chi connectivity index (χ0) is 19.8. The topological polar surface area (TPSA) is 52.6 Å². The van der Waals surface area contributed by atoms with Crippen molar-refractivity contribution in [3.8, 4) is 0 Å². The molecule has 2 aromatic carbocycles. The van der Waals surface area contributed by atoms with Gasteiger partial charge in [0.15, 0.2) is 0 Å². The average molecular weight is 391 g/mol. The molecule has 2 aromatic rings. The first-order chi connectivity index (χ1) is 14.2. The predicted octanol–water partition coefficient (Wildman–Crippen LogP) is 4.10. The molecule has 1 heterocycles. The highest BCUT2D eigenvalue weighted by Crippen LogP contribution is 2.43. The Hall–Kier alpha value is -2.33. The second-order valence-electron chi connectivity index (χ2n) is 8.93. The minimum atomic E-state index is -0.861. The van der Waals surface area contributed by atoms with E-state index in [2.05, 4.69) is 23.5 Å². The van der Waals surface area contributed by atoms with E-state index in [0.717, 1.165) is 57.2 Å². The molecule has 2 fully saturated rings. The predicted molar refractivity (Wildman–Crippen MR) is 115 cm³/mol. The summed E-state index contributed by atoms with van der Waals surface area (Å²) in [7, 11) is 0. The number of piperidine rings is 1. The summed E-state index contributed by atoms with van der Waals surface area (Å²) < 4.78 is 0. The maximum absolute atomic E-state index is 13.6. The molecular formula is C25H30N2O2. The SMILES string of the molecule is O=C(C1CCc2ccccc21)N1CCC(Nc2ccccc2)C2(O)CCCC[C@H]12. The lowest BCUT2D eigenvalue weighted by Crippen LogP contribution is -2.68. The molecule has 0 radical (unpaired) electrons. The summed E-state index contributed by atoms with van der Waals surface area (Å²) in [6.07, 6.45) is 6.40. The van der Waals surface area contributed by atoms with Crippen molar-refractivity contribution in [3.05, 3.63) is 65.7 Å². The summed E-state index contributed by atoms with van der Waals surface area (Å²) >= 11 is 0. The maximum Gasteiger partial charge on any atom is 0.230 e. The fraction of sp³-hybridized carbons (Fsp3) is 0.480. The van der Waals surface area contributed by atoms with Crippen molar-refractivity contribution in [2.75, 3.05) is 11.9 Å². The molecular weight excluding hydrogens is 360 g/mol. The minimum Gasteiger partial charge on any atom is -0.386 e. The molecule has 152 valence electrons. The van der Waals surface area contributed by atoms with Crippen LogP contribution in [0.15, 0.2) is 54.6 Å². The minimum absolute atomic E-state index is 0.0184. The van der Waals surface area contributed by atoms with E-state index in [1.165, 1.54) is 11.1 Å². The van der Waals surface area contributed by atoms with Crippen LogP contribution in [-0.4, -0.2) is 40.1 Å². The third-order valence-electron chi connectivity index (χ3n) is 7.35. The molecule has 0 spiro atoms. The Morgan fingerprint density at radius 1 is 1.00 bits per heavy atom. The molecule has 3 unspecified atom stereocenters. The van der Waals surface area contributed by atoms with Crippen LogP contribution in [0.2, 0.25) is 0 Å². The number of nitrogens with one attached hydrogen (secondary N) is 1. The Bertz CT molecular complexity index is 883. The van der Waals surface area contributed by atoms with Crippen LogP contribution >= 0.6 is 0 Å². The normalized spacial score (nSPS) is 31.1. The number of likely N-dealkylation sites (tertiary alicyclic amines) is 1. The van der Waals surface area contributed by atoms with E-state index in [1.54, 1.807) is 0 Å². The number of rotatable bonds is 3. The highest BCUT2D eigenvalue weighted by molar-refractivity contribution is 5.85. The second-order valence-corrected chi connectivity index (χ2v) is 8.93. The van der Waals surface area contributed by atoms with Crippen molar-refractivity contribution < 1.29 is 9.90 Å². The van der Waals surface area contributed by atoms with Crippen LogP contribution in [0.25, 0.3) is 0 Å². The largest absolute Gasteiger partial charge is 0.386 e. The lowest BCUT2D eigenvalue weighted by Gasteiger charge is -2.54. The van der Waals surface area contributed by atoms with Crippen molar-refractivity contribution in [3.63, 3.8) is 0 Å². The van der Waals surface area contributed by atoms with Crippen molar-refractivity contribution in [2.45, 2.75) is 68.5 Å². The van der Waals surface area contributed by atoms with Crippen LogP contribution in [0.4, 0.5) is 5.69 Å². The van der Waals surface area contributed by atoms with Gasteiger partial charge in [0.05, 0.1) is 18.0 Å². The summed E-state index contributed by atoms with van der Waals surface area (Å²) in [5.74, 6) is 0.175. The van der Waals surface area contributed by atoms with E-state index in [1.807, 2.05) is 41.3 Å². The van der Waals surface area contributed by atoms with Gasteiger partial charge in [0.25, 0.3) is 0 Å². The zero-order valence-corrected chi connectivity index (χ0v) is 16.9. The molecule has 0 aromatic heterocycles. The number of benzene rings is 2. The van der Waals surface area contributed by atoms with Gasteiger partial charge in [-0.2, -0.15) is 0 Å². The molecule has 4 heteroatoms. The zero-order valence-electron chi connectivity index (χ0n) is 16.9. The van der Waals surface area contributed by atoms with E-state index in [4.69, 9.17) is 0 Å². The van der Waals surface area contributed by atoms with Gasteiger partial charge >= 0.3 is 0 Å². The van der Waals surface area contributed by atoms with E-state index >= 15 is 0 Å². The van der Waals surface area contributed by atoms with Crippen LogP contribution in [0.1, 0.15) is 55.6 Å². The molecule has 2 aliphatic carbocycles. The molecule has 3 aliphatic rings. The van der Waals surface area contributed by atoms with E-state index in [0.29, 0.717) is 0 Å². The first-order valence-corrected chi connectivity index (χ1v) is 11.1. The highest BCUT2D eigenvalue weighted by atomic mass is 16.3. The molecule has 1 saturated heterocycles. The summed E-state index contributed by atoms with van der Waals surface area (Å²) in [5, 5.41) is 15.4. The Labute approximate surface area is 172 Å². The Balaban J connectivity index is 1.40. The van der Waals surface area contributed by atoms with Gasteiger partial charge in [-0.25, -0.2) is 0 Å². The van der Waals surface area contributed by atoms with Gasteiger partial charge in [0.1, 0.15) is 5.60 Å². The number of anilines is 1. The molecule has 2 N–H and O–H groups in total. The van der Waals surface area contributed by atoms with Crippen LogP contribution in [-0.2, 0) is 11.2 Å². The molecule has 1 saturated carbocycles. The lowest BCUT2D eigenvalue weighted by molar-refractivity contribution is -0.155. The van der Waals surface area contributed by atoms with Gasteiger partial charge in [-0.05, 0) is 55.4 Å². The highest BCUT2D eigenvalue weighted by Gasteiger charge is 2.53. The summed E-state index contributed by atoms with van der Waals surface area (Å²) in [4.78, 5) is 15.7. The number of para-hydroxylation sites is 1. The molecule has 1 aliphatic heterocycles. The fourth-order valence-electron chi connectivity index (χ4n) is 5.88. The smallest absolute Gasteiger partial charge is 0.230 e. The van der Waals surface area contributed by atoms with Crippen molar-refractivity contribution >= 4 is 11.6 Å². The van der Waals surface area contributed by atoms with Crippen LogP contribution in [0, 0.1) is 0 Å². The number of carbonyl (C=O) groups is 1. The number of nitrogens with zero attached hydrogens (tertiary/aromatic N) is 1. The lowest BCUT2D eigenvalue weighted by atomic mass is 9.70. The van der Waals surface area contributed by atoms with Gasteiger partial charge in [-0.1, -0.05) is 55.3 Å². The standard InChI is InChI=1S/C25H30N2O2/c28-24(21-14-13-18-8-4-5-11-20(18)21)27-17-15-22(26-19-9-2-1-3-10-19)25(29)16-7-6-12-23(25)27/h1-5,8-11,21-23,26,29H,6-7,12-17H2/t21?,22?,23-,25?/m0/s1. The number of aliphatic hydroxyl groups is 1. The number of aryl methyl sites for hydroxylation is 1. The van der Waals surface area contributed by atoms with Gasteiger partial charge in [-0.15, -0.1) is 0 Å². The first-order valence-electron chi connectivity index (χ1n) is 11.1. The summed E-state index contributed by atoms with van der Waals surface area (Å²) in [6, 6.07) is 18.4. The van der Waals surface area contributed by atoms with Gasteiger partial charge in [-0.3, -0.25) is 4.79 Å². The van der Waals surface area contributed by atoms with Crippen LogP contribution < -0.4 is 5.32 Å². The molecule has 5 rings (SSSR count). The van der Waals surface area contributed by atoms with Crippen molar-refractivity contribution in [2.24, 2.45) is 0 Å². The molecule has 1 amide bonds. The molecule has 0 bridgehead atoms. The summed E-state index contributed by atoms with van der Waals surface area (Å²) in [6.45, 7) is 0.717. The fourth-order valence-corrected chi connectivity index (χ4v) is 5.88. The second kappa shape index (κ2) is 7.49. The third-order valence-corrected chi connectivity index (χ3v) is 7.35. The first kappa shape index (κ1) is 18.7.